The van der Waals surface area contributed by atoms with Gasteiger partial charge in [-0.2, -0.15) is 0 Å². The highest BCUT2D eigenvalue weighted by molar-refractivity contribution is 5.95. The molecule has 0 aromatic carbocycles. The summed E-state index contributed by atoms with van der Waals surface area (Å²) in [5.41, 5.74) is 6.69. The number of anilines is 1. The van der Waals surface area contributed by atoms with Crippen LogP contribution in [0.4, 0.5) is 10.2 Å². The molecule has 0 radical (unpaired) electrons. The number of nitrogens with two attached hydrogens (primary N) is 2. The first kappa shape index (κ1) is 14.8. The van der Waals surface area contributed by atoms with Gasteiger partial charge >= 0.3 is 0 Å². The van der Waals surface area contributed by atoms with Gasteiger partial charge in [-0.3, -0.25) is 9.59 Å². The number of carbonyl (C=O) groups is 2. The Morgan fingerprint density at radius 3 is 2.84 bits per heavy atom. The number of nitrogen functional groups attached to an aromatic ring is 1. The number of nitrogens with one attached hydrogen (secondary N) is 2. The first-order valence-corrected chi connectivity index (χ1v) is 5.31. The third-order valence-corrected chi connectivity index (χ3v) is 2.05. The van der Waals surface area contributed by atoms with Crippen molar-refractivity contribution in [3.8, 4) is 0 Å². The predicted octanol–water partition coefficient (Wildman–Crippen LogP) is -1.26. The molecule has 19 heavy (non-hydrogen) atoms. The van der Waals surface area contributed by atoms with E-state index in [0.717, 1.165) is 0 Å². The quantitative estimate of drug-likeness (QED) is 0.278. The van der Waals surface area contributed by atoms with Crippen LogP contribution in [0.3, 0.4) is 0 Å². The standard InChI is InChI=1S/C10H14FN5O3/c11-8-6(1-2-14-9(8)16-13)10(18)15-3-4-19-5-7(12)17/h1-2H,3-5,13H2,(H2,12,17)(H,14,16)(H,15,18). The summed E-state index contributed by atoms with van der Waals surface area (Å²) in [6.07, 6.45) is 1.25. The van der Waals surface area contributed by atoms with E-state index in [1.807, 2.05) is 5.43 Å². The zero-order chi connectivity index (χ0) is 14.3. The van der Waals surface area contributed by atoms with Gasteiger partial charge in [-0.05, 0) is 6.07 Å². The van der Waals surface area contributed by atoms with Crippen LogP contribution in [-0.2, 0) is 9.53 Å². The van der Waals surface area contributed by atoms with Gasteiger partial charge in [0.15, 0.2) is 11.6 Å². The fourth-order valence-corrected chi connectivity index (χ4v) is 1.22. The highest BCUT2D eigenvalue weighted by atomic mass is 19.1. The largest absolute Gasteiger partial charge is 0.370 e. The SMILES string of the molecule is NNc1nccc(C(=O)NCCOCC(N)=O)c1F. The number of pyridine rings is 1. The van der Waals surface area contributed by atoms with Gasteiger partial charge in [0.2, 0.25) is 5.91 Å². The van der Waals surface area contributed by atoms with Crippen LogP contribution in [0.25, 0.3) is 0 Å². The van der Waals surface area contributed by atoms with E-state index in [0.29, 0.717) is 0 Å². The van der Waals surface area contributed by atoms with Crippen molar-refractivity contribution < 1.29 is 18.7 Å². The van der Waals surface area contributed by atoms with Crippen molar-refractivity contribution in [3.63, 3.8) is 0 Å². The Morgan fingerprint density at radius 2 is 2.21 bits per heavy atom. The maximum Gasteiger partial charge on any atom is 0.254 e. The summed E-state index contributed by atoms with van der Waals surface area (Å²) in [5, 5.41) is 2.41. The lowest BCUT2D eigenvalue weighted by atomic mass is 10.2. The molecule has 0 atom stereocenters. The molecule has 0 saturated heterocycles. The number of carbonyl (C=O) groups excluding carboxylic acids is 2. The van der Waals surface area contributed by atoms with Crippen LogP contribution in [-0.4, -0.2) is 36.6 Å². The van der Waals surface area contributed by atoms with Crippen LogP contribution >= 0.6 is 0 Å². The molecule has 0 saturated carbocycles. The average molecular weight is 271 g/mol. The van der Waals surface area contributed by atoms with Crippen LogP contribution in [0.2, 0.25) is 0 Å². The number of primary amides is 1. The summed E-state index contributed by atoms with van der Waals surface area (Å²) in [4.78, 5) is 25.6. The molecule has 104 valence electrons. The second-order valence-electron chi connectivity index (χ2n) is 3.44. The lowest BCUT2D eigenvalue weighted by Gasteiger charge is -2.08. The van der Waals surface area contributed by atoms with Crippen molar-refractivity contribution in [3.05, 3.63) is 23.6 Å². The van der Waals surface area contributed by atoms with Crippen LogP contribution in [0.1, 0.15) is 10.4 Å². The highest BCUT2D eigenvalue weighted by Crippen LogP contribution is 2.13. The summed E-state index contributed by atoms with van der Waals surface area (Å²) in [6, 6.07) is 1.22. The van der Waals surface area contributed by atoms with Crippen molar-refractivity contribution >= 4 is 17.6 Å². The topological polar surface area (TPSA) is 132 Å². The van der Waals surface area contributed by atoms with Crippen molar-refractivity contribution in [1.82, 2.24) is 10.3 Å². The fourth-order valence-electron chi connectivity index (χ4n) is 1.22. The maximum atomic E-state index is 13.6. The van der Waals surface area contributed by atoms with E-state index in [-0.39, 0.29) is 31.1 Å². The zero-order valence-electron chi connectivity index (χ0n) is 9.98. The van der Waals surface area contributed by atoms with Crippen LogP contribution < -0.4 is 22.3 Å². The molecular weight excluding hydrogens is 257 g/mol. The third-order valence-electron chi connectivity index (χ3n) is 2.05. The summed E-state index contributed by atoms with van der Waals surface area (Å²) in [7, 11) is 0. The minimum atomic E-state index is -0.847. The van der Waals surface area contributed by atoms with E-state index in [1.54, 1.807) is 0 Å². The molecule has 1 aromatic heterocycles. The monoisotopic (exact) mass is 271 g/mol. The molecule has 0 unspecified atom stereocenters. The molecule has 0 aliphatic rings. The number of rotatable bonds is 7. The van der Waals surface area contributed by atoms with E-state index in [2.05, 4.69) is 10.3 Å². The smallest absolute Gasteiger partial charge is 0.254 e. The van der Waals surface area contributed by atoms with Crippen LogP contribution in [0, 0.1) is 5.82 Å². The molecule has 2 amide bonds. The van der Waals surface area contributed by atoms with E-state index in [9.17, 15) is 14.0 Å². The van der Waals surface area contributed by atoms with Crippen molar-refractivity contribution in [2.45, 2.75) is 0 Å². The molecule has 0 aliphatic carbocycles. The molecule has 0 fully saturated rings. The van der Waals surface area contributed by atoms with Crippen molar-refractivity contribution in [1.29, 1.82) is 0 Å². The van der Waals surface area contributed by atoms with E-state index < -0.39 is 17.6 Å². The van der Waals surface area contributed by atoms with Gasteiger partial charge in [0.05, 0.1) is 12.2 Å². The Balaban J connectivity index is 2.48. The van der Waals surface area contributed by atoms with Gasteiger partial charge in [0, 0.05) is 12.7 Å². The van der Waals surface area contributed by atoms with E-state index >= 15 is 0 Å². The number of aromatic nitrogens is 1. The summed E-state index contributed by atoms with van der Waals surface area (Å²) >= 11 is 0. The number of halogens is 1. The highest BCUT2D eigenvalue weighted by Gasteiger charge is 2.14. The van der Waals surface area contributed by atoms with Gasteiger partial charge in [-0.15, -0.1) is 0 Å². The number of hydrogen-bond donors (Lipinski definition) is 4. The molecule has 6 N–H and O–H groups in total. The maximum absolute atomic E-state index is 13.6. The molecule has 0 bridgehead atoms. The average Bonchev–Trinajstić information content (AvgIpc) is 2.38. The second kappa shape index (κ2) is 7.24. The molecule has 0 aliphatic heterocycles. The number of ether oxygens (including phenoxy) is 1. The number of hydrogen-bond acceptors (Lipinski definition) is 6. The first-order valence-electron chi connectivity index (χ1n) is 5.31. The lowest BCUT2D eigenvalue weighted by Crippen LogP contribution is -2.29. The van der Waals surface area contributed by atoms with Gasteiger partial charge < -0.3 is 21.2 Å². The van der Waals surface area contributed by atoms with E-state index in [1.165, 1.54) is 12.3 Å². The Hall–Kier alpha value is -2.26. The zero-order valence-corrected chi connectivity index (χ0v) is 9.98. The number of hydrazine groups is 1. The summed E-state index contributed by atoms with van der Waals surface area (Å²) in [5.74, 6) is 2.72. The van der Waals surface area contributed by atoms with Crippen molar-refractivity contribution in [2.24, 2.45) is 11.6 Å². The van der Waals surface area contributed by atoms with Crippen LogP contribution in [0.15, 0.2) is 12.3 Å². The predicted molar refractivity (Wildman–Crippen MR) is 64.4 cm³/mol. The molecule has 9 heteroatoms. The lowest BCUT2D eigenvalue weighted by molar-refractivity contribution is -0.122. The molecule has 1 heterocycles. The first-order chi connectivity index (χ1) is 9.06. The Morgan fingerprint density at radius 1 is 1.47 bits per heavy atom. The van der Waals surface area contributed by atoms with E-state index in [4.69, 9.17) is 16.3 Å². The van der Waals surface area contributed by atoms with Gasteiger partial charge in [0.25, 0.3) is 5.91 Å². The summed E-state index contributed by atoms with van der Waals surface area (Å²) < 4.78 is 18.5. The normalized spacial score (nSPS) is 10.0. The molecule has 1 rings (SSSR count). The van der Waals surface area contributed by atoms with Crippen LogP contribution in [0.5, 0.6) is 0 Å². The Labute approximate surface area is 108 Å². The Kier molecular flexibility index (Phi) is 5.64. The minimum Gasteiger partial charge on any atom is -0.370 e. The molecule has 1 aromatic rings. The second-order valence-corrected chi connectivity index (χ2v) is 3.44. The number of nitrogens with zero attached hydrogens (tertiary/aromatic N) is 1. The minimum absolute atomic E-state index is 0.0867. The van der Waals surface area contributed by atoms with Crippen molar-refractivity contribution in [2.75, 3.05) is 25.2 Å². The molecular formula is C10H14FN5O3. The van der Waals surface area contributed by atoms with Gasteiger partial charge in [0.1, 0.15) is 6.61 Å². The van der Waals surface area contributed by atoms with Gasteiger partial charge in [-0.25, -0.2) is 15.2 Å². The number of amides is 2. The van der Waals surface area contributed by atoms with Gasteiger partial charge in [-0.1, -0.05) is 0 Å². The summed E-state index contributed by atoms with van der Waals surface area (Å²) in [6.45, 7) is -0.0383. The fraction of sp³-hybridized carbons (Fsp3) is 0.300. The Bertz CT molecular complexity index is 468. The molecule has 0 spiro atoms. The molecule has 8 nitrogen and oxygen atoms in total. The third kappa shape index (κ3) is 4.48.